The van der Waals surface area contributed by atoms with Gasteiger partial charge in [0.15, 0.2) is 0 Å². The van der Waals surface area contributed by atoms with Crippen molar-refractivity contribution in [1.29, 1.82) is 0 Å². The summed E-state index contributed by atoms with van der Waals surface area (Å²) in [7, 11) is 1.70. The molecule has 0 bridgehead atoms. The molecule has 14 heavy (non-hydrogen) atoms. The second kappa shape index (κ2) is 4.62. The predicted molar refractivity (Wildman–Crippen MR) is 56.9 cm³/mol. The van der Waals surface area contributed by atoms with Crippen molar-refractivity contribution in [2.45, 2.75) is 6.92 Å². The van der Waals surface area contributed by atoms with Crippen molar-refractivity contribution in [3.8, 4) is 0 Å². The first-order chi connectivity index (χ1) is 6.56. The van der Waals surface area contributed by atoms with Gasteiger partial charge in [0.2, 0.25) is 0 Å². The maximum Gasteiger partial charge on any atom is 0.255 e. The van der Waals surface area contributed by atoms with Crippen LogP contribution in [0.15, 0.2) is 12.3 Å². The van der Waals surface area contributed by atoms with Crippen molar-refractivity contribution in [2.24, 2.45) is 0 Å². The Morgan fingerprint density at radius 1 is 1.57 bits per heavy atom. The summed E-state index contributed by atoms with van der Waals surface area (Å²) in [4.78, 5) is 17.0. The quantitative estimate of drug-likeness (QED) is 0.735. The Kier molecular flexibility index (Phi) is 3.72. The van der Waals surface area contributed by atoms with Gasteiger partial charge in [-0.05, 0) is 13.0 Å². The molecule has 0 saturated carbocycles. The van der Waals surface area contributed by atoms with Crippen molar-refractivity contribution in [1.82, 2.24) is 9.88 Å². The van der Waals surface area contributed by atoms with Gasteiger partial charge in [-0.2, -0.15) is 0 Å². The maximum atomic E-state index is 11.7. The van der Waals surface area contributed by atoms with Crippen LogP contribution in [0, 0.1) is 0 Å². The number of nitrogens with zero attached hydrogens (tertiary/aromatic N) is 2. The molecule has 0 aromatic carbocycles. The van der Waals surface area contributed by atoms with Crippen LogP contribution in [0.3, 0.4) is 0 Å². The molecule has 1 amide bonds. The molecule has 76 valence electrons. The minimum absolute atomic E-state index is 0.151. The molecule has 1 rings (SSSR count). The van der Waals surface area contributed by atoms with Gasteiger partial charge in [0.05, 0.1) is 10.6 Å². The van der Waals surface area contributed by atoms with E-state index in [2.05, 4.69) is 4.98 Å². The third kappa shape index (κ3) is 2.36. The topological polar surface area (TPSA) is 33.2 Å². The lowest BCUT2D eigenvalue weighted by Gasteiger charge is -2.14. The minimum atomic E-state index is -0.151. The smallest absolute Gasteiger partial charge is 0.255 e. The average molecular weight is 233 g/mol. The molecule has 1 heterocycles. The molecule has 3 nitrogen and oxygen atoms in total. The first kappa shape index (κ1) is 11.3. The van der Waals surface area contributed by atoms with Crippen molar-refractivity contribution in [2.75, 3.05) is 13.6 Å². The van der Waals surface area contributed by atoms with E-state index in [1.165, 1.54) is 12.3 Å². The fraction of sp³-hybridized carbons (Fsp3) is 0.333. The monoisotopic (exact) mass is 232 g/mol. The molecule has 5 heteroatoms. The van der Waals surface area contributed by atoms with Gasteiger partial charge in [-0.3, -0.25) is 4.79 Å². The SMILES string of the molecule is CCN(C)C(=O)c1cc(Cl)ncc1Cl. The first-order valence-electron chi connectivity index (χ1n) is 4.12. The van der Waals surface area contributed by atoms with E-state index in [4.69, 9.17) is 23.2 Å². The van der Waals surface area contributed by atoms with E-state index in [1.54, 1.807) is 11.9 Å². The van der Waals surface area contributed by atoms with Crippen molar-refractivity contribution < 1.29 is 4.79 Å². The number of amides is 1. The largest absolute Gasteiger partial charge is 0.342 e. The Balaban J connectivity index is 3.06. The molecule has 0 saturated heterocycles. The fourth-order valence-corrected chi connectivity index (χ4v) is 1.27. The van der Waals surface area contributed by atoms with Gasteiger partial charge in [-0.1, -0.05) is 23.2 Å². The van der Waals surface area contributed by atoms with Crippen molar-refractivity contribution >= 4 is 29.1 Å². The van der Waals surface area contributed by atoms with E-state index >= 15 is 0 Å². The fourth-order valence-electron chi connectivity index (χ4n) is 0.926. The lowest BCUT2D eigenvalue weighted by molar-refractivity contribution is 0.0802. The third-order valence-corrected chi connectivity index (χ3v) is 2.38. The molecular weight excluding hydrogens is 223 g/mol. The van der Waals surface area contributed by atoms with Crippen LogP contribution in [0.1, 0.15) is 17.3 Å². The number of carbonyl (C=O) groups excluding carboxylic acids is 1. The highest BCUT2D eigenvalue weighted by Crippen LogP contribution is 2.19. The summed E-state index contributed by atoms with van der Waals surface area (Å²) in [6, 6.07) is 1.47. The molecule has 1 aromatic heterocycles. The molecule has 0 fully saturated rings. The van der Waals surface area contributed by atoms with Crippen LogP contribution in [0.4, 0.5) is 0 Å². The molecule has 1 aromatic rings. The third-order valence-electron chi connectivity index (χ3n) is 1.87. The van der Waals surface area contributed by atoms with E-state index in [0.717, 1.165) is 0 Å². The van der Waals surface area contributed by atoms with Crippen LogP contribution >= 0.6 is 23.2 Å². The Morgan fingerprint density at radius 2 is 2.21 bits per heavy atom. The zero-order valence-corrected chi connectivity index (χ0v) is 9.43. The highest BCUT2D eigenvalue weighted by atomic mass is 35.5. The lowest BCUT2D eigenvalue weighted by atomic mass is 10.2. The van der Waals surface area contributed by atoms with Gasteiger partial charge in [0.25, 0.3) is 5.91 Å². The van der Waals surface area contributed by atoms with Crippen LogP contribution in [-0.4, -0.2) is 29.4 Å². The first-order valence-corrected chi connectivity index (χ1v) is 4.88. The Bertz CT molecular complexity index is 355. The number of carbonyl (C=O) groups is 1. The second-order valence-corrected chi connectivity index (χ2v) is 3.60. The summed E-state index contributed by atoms with van der Waals surface area (Å²) >= 11 is 11.5. The van der Waals surface area contributed by atoms with Crippen LogP contribution < -0.4 is 0 Å². The molecule has 0 aliphatic heterocycles. The summed E-state index contributed by atoms with van der Waals surface area (Å²) < 4.78 is 0. The number of halogens is 2. The highest BCUT2D eigenvalue weighted by Gasteiger charge is 2.14. The van der Waals surface area contributed by atoms with Crippen molar-refractivity contribution in [3.05, 3.63) is 28.0 Å². The Labute approximate surface area is 92.6 Å². The second-order valence-electron chi connectivity index (χ2n) is 2.81. The number of aromatic nitrogens is 1. The Hall–Kier alpha value is -0.800. The summed E-state index contributed by atoms with van der Waals surface area (Å²) in [5.74, 6) is -0.151. The minimum Gasteiger partial charge on any atom is -0.342 e. The van der Waals surface area contributed by atoms with Gasteiger partial charge < -0.3 is 4.90 Å². The van der Waals surface area contributed by atoms with E-state index in [-0.39, 0.29) is 11.1 Å². The van der Waals surface area contributed by atoms with Crippen LogP contribution in [0.5, 0.6) is 0 Å². The molecule has 0 atom stereocenters. The van der Waals surface area contributed by atoms with Gasteiger partial charge in [-0.25, -0.2) is 4.98 Å². The summed E-state index contributed by atoms with van der Waals surface area (Å²) in [5.41, 5.74) is 0.385. The highest BCUT2D eigenvalue weighted by molar-refractivity contribution is 6.35. The molecule has 0 aliphatic carbocycles. The van der Waals surface area contributed by atoms with E-state index < -0.39 is 0 Å². The van der Waals surface area contributed by atoms with Gasteiger partial charge >= 0.3 is 0 Å². The van der Waals surface area contributed by atoms with E-state index in [1.807, 2.05) is 6.92 Å². The zero-order chi connectivity index (χ0) is 10.7. The van der Waals surface area contributed by atoms with Crippen LogP contribution in [-0.2, 0) is 0 Å². The number of hydrogen-bond acceptors (Lipinski definition) is 2. The zero-order valence-electron chi connectivity index (χ0n) is 7.92. The number of hydrogen-bond donors (Lipinski definition) is 0. The molecular formula is C9H10Cl2N2O. The Morgan fingerprint density at radius 3 is 2.79 bits per heavy atom. The summed E-state index contributed by atoms with van der Waals surface area (Å²) in [5, 5.41) is 0.585. The van der Waals surface area contributed by atoms with E-state index in [0.29, 0.717) is 17.1 Å². The van der Waals surface area contributed by atoms with E-state index in [9.17, 15) is 4.79 Å². The summed E-state index contributed by atoms with van der Waals surface area (Å²) in [6.45, 7) is 2.50. The molecule has 0 spiro atoms. The summed E-state index contributed by atoms with van der Waals surface area (Å²) in [6.07, 6.45) is 1.38. The predicted octanol–water partition coefficient (Wildman–Crippen LogP) is 2.48. The number of pyridine rings is 1. The normalized spacial score (nSPS) is 10.0. The van der Waals surface area contributed by atoms with Crippen LogP contribution in [0.25, 0.3) is 0 Å². The van der Waals surface area contributed by atoms with Crippen molar-refractivity contribution in [3.63, 3.8) is 0 Å². The molecule has 0 N–H and O–H groups in total. The standard InChI is InChI=1S/C9H10Cl2N2O/c1-3-13(2)9(14)6-4-8(11)12-5-7(6)10/h4-5H,3H2,1-2H3. The maximum absolute atomic E-state index is 11.7. The average Bonchev–Trinajstić information content (AvgIpc) is 2.19. The molecule has 0 aliphatic rings. The lowest BCUT2D eigenvalue weighted by Crippen LogP contribution is -2.26. The van der Waals surface area contributed by atoms with Gasteiger partial charge in [-0.15, -0.1) is 0 Å². The number of rotatable bonds is 2. The van der Waals surface area contributed by atoms with Crippen LogP contribution in [0.2, 0.25) is 10.2 Å². The van der Waals surface area contributed by atoms with Gasteiger partial charge in [0, 0.05) is 19.8 Å². The molecule has 0 radical (unpaired) electrons. The van der Waals surface area contributed by atoms with Gasteiger partial charge in [0.1, 0.15) is 5.15 Å². The molecule has 0 unspecified atom stereocenters.